The van der Waals surface area contributed by atoms with E-state index in [1.165, 1.54) is 13.2 Å². The number of nitrogens with one attached hydrogen (secondary N) is 1. The van der Waals surface area contributed by atoms with E-state index in [1.54, 1.807) is 19.1 Å². The van der Waals surface area contributed by atoms with Gasteiger partial charge in [0.1, 0.15) is 5.75 Å². The molecule has 0 spiro atoms. The van der Waals surface area contributed by atoms with Crippen molar-refractivity contribution in [2.24, 2.45) is 0 Å². The van der Waals surface area contributed by atoms with Crippen molar-refractivity contribution in [3.05, 3.63) is 51.3 Å². The molecule has 0 bridgehead atoms. The summed E-state index contributed by atoms with van der Waals surface area (Å²) in [4.78, 5) is 24.6. The number of benzene rings is 1. The third-order valence-electron chi connectivity index (χ3n) is 4.25. The minimum atomic E-state index is -0.674. The van der Waals surface area contributed by atoms with Crippen LogP contribution >= 0.6 is 11.6 Å². The summed E-state index contributed by atoms with van der Waals surface area (Å²) in [5.41, 5.74) is 2.67. The van der Waals surface area contributed by atoms with Crippen LogP contribution in [0.5, 0.6) is 5.75 Å². The van der Waals surface area contributed by atoms with Gasteiger partial charge in [-0.1, -0.05) is 11.6 Å². The van der Waals surface area contributed by atoms with E-state index in [4.69, 9.17) is 16.3 Å². The van der Waals surface area contributed by atoms with Crippen molar-refractivity contribution in [1.29, 1.82) is 0 Å². The van der Waals surface area contributed by atoms with Gasteiger partial charge >= 0.3 is 5.97 Å². The smallest absolute Gasteiger partial charge is 0.336 e. The number of aromatic hydroxyl groups is 1. The second kappa shape index (κ2) is 5.74. The van der Waals surface area contributed by atoms with E-state index in [9.17, 15) is 14.7 Å². The maximum absolute atomic E-state index is 12.4. The molecule has 0 saturated carbocycles. The van der Waals surface area contributed by atoms with E-state index in [2.05, 4.69) is 5.32 Å². The maximum Gasteiger partial charge on any atom is 0.336 e. The number of hydrogen-bond donors (Lipinski definition) is 2. The van der Waals surface area contributed by atoms with Crippen molar-refractivity contribution in [3.63, 3.8) is 0 Å². The highest BCUT2D eigenvalue weighted by Gasteiger charge is 2.41. The highest BCUT2D eigenvalue weighted by atomic mass is 35.5. The molecule has 120 valence electrons. The molecule has 1 aliphatic carbocycles. The van der Waals surface area contributed by atoms with Gasteiger partial charge in [-0.3, -0.25) is 4.79 Å². The maximum atomic E-state index is 12.4. The number of hydrogen-bond acceptors (Lipinski definition) is 5. The summed E-state index contributed by atoms with van der Waals surface area (Å²) in [5, 5.41) is 13.8. The Hall–Kier alpha value is -2.27. The lowest BCUT2D eigenvalue weighted by Crippen LogP contribution is -2.29. The molecule has 3 rings (SSSR count). The van der Waals surface area contributed by atoms with Crippen LogP contribution in [0, 0.1) is 0 Å². The number of methoxy groups -OCH3 is 1. The highest BCUT2D eigenvalue weighted by Crippen LogP contribution is 2.46. The molecule has 0 amide bonds. The second-order valence-corrected chi connectivity index (χ2v) is 6.04. The molecule has 2 aliphatic rings. The summed E-state index contributed by atoms with van der Waals surface area (Å²) in [6.07, 6.45) is 0.981. The summed E-state index contributed by atoms with van der Waals surface area (Å²) >= 11 is 6.05. The van der Waals surface area contributed by atoms with Gasteiger partial charge in [0.05, 0.1) is 18.6 Å². The van der Waals surface area contributed by atoms with Crippen molar-refractivity contribution < 1.29 is 19.4 Å². The zero-order valence-electron chi connectivity index (χ0n) is 12.8. The number of Topliss-reactive ketones (excluding diaryl/α,β-unsaturated/α-hetero) is 1. The van der Waals surface area contributed by atoms with Crippen molar-refractivity contribution in [3.8, 4) is 5.75 Å². The van der Waals surface area contributed by atoms with Gasteiger partial charge in [-0.15, -0.1) is 0 Å². The van der Waals surface area contributed by atoms with E-state index in [0.717, 1.165) is 5.70 Å². The number of ketones is 1. The van der Waals surface area contributed by atoms with Crippen LogP contribution in [0.2, 0.25) is 5.02 Å². The first-order chi connectivity index (χ1) is 10.9. The van der Waals surface area contributed by atoms with E-state index in [1.807, 2.05) is 0 Å². The van der Waals surface area contributed by atoms with Crippen molar-refractivity contribution in [2.75, 3.05) is 7.11 Å². The van der Waals surface area contributed by atoms with Gasteiger partial charge in [0, 0.05) is 34.0 Å². The molecule has 0 aromatic heterocycles. The number of phenolic OH excluding ortho intramolecular Hbond substituents is 1. The molecule has 2 N–H and O–H groups in total. The number of esters is 1. The summed E-state index contributed by atoms with van der Waals surface area (Å²) in [6, 6.07) is 4.60. The molecule has 1 aliphatic heterocycles. The largest absolute Gasteiger partial charge is 0.508 e. The Morgan fingerprint density at radius 2 is 2.13 bits per heavy atom. The quantitative estimate of drug-likeness (QED) is 0.814. The molecular formula is C17H16ClNO4. The Kier molecular flexibility index (Phi) is 3.90. The standard InChI is InChI=1S/C17H16ClNO4/c1-8-14(17(22)23-2)15(10-7-9(18)3-5-12(10)20)16-11(19-8)4-6-13(16)21/h3,5,7,15,19-20H,4,6H2,1-2H3. The topological polar surface area (TPSA) is 75.6 Å². The molecular weight excluding hydrogens is 318 g/mol. The van der Waals surface area contributed by atoms with Crippen LogP contribution < -0.4 is 5.32 Å². The minimum absolute atomic E-state index is 0.0120. The fourth-order valence-electron chi connectivity index (χ4n) is 3.24. The summed E-state index contributed by atoms with van der Waals surface area (Å²) in [5.74, 6) is -1.26. The van der Waals surface area contributed by atoms with Gasteiger partial charge in [0.2, 0.25) is 0 Å². The Labute approximate surface area is 138 Å². The molecule has 23 heavy (non-hydrogen) atoms. The fraction of sp³-hybridized carbons (Fsp3) is 0.294. The van der Waals surface area contributed by atoms with Gasteiger partial charge in [-0.05, 0) is 31.5 Å². The Morgan fingerprint density at radius 1 is 1.39 bits per heavy atom. The minimum Gasteiger partial charge on any atom is -0.508 e. The molecule has 1 heterocycles. The SMILES string of the molecule is COC(=O)C1=C(C)NC2=C(C(=O)CC2)C1c1cc(Cl)ccc1O. The van der Waals surface area contributed by atoms with Crippen LogP contribution in [0.1, 0.15) is 31.2 Å². The molecule has 1 unspecified atom stereocenters. The number of allylic oxidation sites excluding steroid dienone is 3. The number of halogens is 1. The average molecular weight is 334 g/mol. The number of ether oxygens (including phenoxy) is 1. The van der Waals surface area contributed by atoms with Gasteiger partial charge in [-0.2, -0.15) is 0 Å². The lowest BCUT2D eigenvalue weighted by Gasteiger charge is -2.29. The van der Waals surface area contributed by atoms with Gasteiger partial charge in [-0.25, -0.2) is 4.79 Å². The first-order valence-corrected chi connectivity index (χ1v) is 7.62. The van der Waals surface area contributed by atoms with Gasteiger partial charge in [0.25, 0.3) is 0 Å². The number of phenols is 1. The zero-order valence-corrected chi connectivity index (χ0v) is 13.5. The monoisotopic (exact) mass is 333 g/mol. The third-order valence-corrected chi connectivity index (χ3v) is 4.49. The number of dihydropyridines is 1. The van der Waals surface area contributed by atoms with Gasteiger partial charge < -0.3 is 15.2 Å². The van der Waals surface area contributed by atoms with Crippen LogP contribution in [-0.2, 0) is 14.3 Å². The van der Waals surface area contributed by atoms with Crippen LogP contribution in [0.4, 0.5) is 0 Å². The predicted molar refractivity (Wildman–Crippen MR) is 85.0 cm³/mol. The van der Waals surface area contributed by atoms with Gasteiger partial charge in [0.15, 0.2) is 5.78 Å². The van der Waals surface area contributed by atoms with E-state index >= 15 is 0 Å². The normalized spacial score (nSPS) is 20.5. The van der Waals surface area contributed by atoms with E-state index in [-0.39, 0.29) is 11.5 Å². The highest BCUT2D eigenvalue weighted by molar-refractivity contribution is 6.30. The molecule has 0 saturated heterocycles. The summed E-state index contributed by atoms with van der Waals surface area (Å²) < 4.78 is 4.88. The molecule has 0 fully saturated rings. The first-order valence-electron chi connectivity index (χ1n) is 7.24. The average Bonchev–Trinajstić information content (AvgIpc) is 2.88. The number of carbonyl (C=O) groups is 2. The van der Waals surface area contributed by atoms with Crippen molar-refractivity contribution in [2.45, 2.75) is 25.7 Å². The summed E-state index contributed by atoms with van der Waals surface area (Å²) in [6.45, 7) is 1.76. The van der Waals surface area contributed by atoms with Crippen molar-refractivity contribution >= 4 is 23.4 Å². The molecule has 1 aromatic carbocycles. The number of carbonyl (C=O) groups excluding carboxylic acids is 2. The Bertz CT molecular complexity index is 779. The lowest BCUT2D eigenvalue weighted by molar-refractivity contribution is -0.136. The zero-order chi connectivity index (χ0) is 16.7. The Morgan fingerprint density at radius 3 is 2.83 bits per heavy atom. The molecule has 1 atom stereocenters. The van der Waals surface area contributed by atoms with Crippen LogP contribution in [0.25, 0.3) is 0 Å². The van der Waals surface area contributed by atoms with Crippen molar-refractivity contribution in [1.82, 2.24) is 5.32 Å². The fourth-order valence-corrected chi connectivity index (χ4v) is 3.42. The van der Waals surface area contributed by atoms with Crippen LogP contribution in [0.3, 0.4) is 0 Å². The Balaban J connectivity index is 2.24. The predicted octanol–water partition coefficient (Wildman–Crippen LogP) is 2.80. The van der Waals surface area contributed by atoms with Crippen LogP contribution in [-0.4, -0.2) is 24.0 Å². The third kappa shape index (κ3) is 2.51. The van der Waals surface area contributed by atoms with Crippen LogP contribution in [0.15, 0.2) is 40.7 Å². The molecule has 6 heteroatoms. The second-order valence-electron chi connectivity index (χ2n) is 5.61. The molecule has 1 aromatic rings. The molecule has 5 nitrogen and oxygen atoms in total. The number of rotatable bonds is 2. The molecule has 0 radical (unpaired) electrons. The lowest BCUT2D eigenvalue weighted by atomic mass is 9.80. The first kappa shape index (κ1) is 15.6. The van der Waals surface area contributed by atoms with E-state index < -0.39 is 11.9 Å². The summed E-state index contributed by atoms with van der Waals surface area (Å²) in [7, 11) is 1.29. The van der Waals surface area contributed by atoms with E-state index in [0.29, 0.717) is 40.3 Å².